The van der Waals surface area contributed by atoms with Gasteiger partial charge in [0.1, 0.15) is 0 Å². The normalized spacial score (nSPS) is 20.1. The van der Waals surface area contributed by atoms with Crippen molar-refractivity contribution in [3.05, 3.63) is 30.1 Å². The van der Waals surface area contributed by atoms with E-state index < -0.39 is 0 Å². The van der Waals surface area contributed by atoms with Crippen LogP contribution in [0.15, 0.2) is 24.5 Å². The third-order valence-corrected chi connectivity index (χ3v) is 2.96. The SMILES string of the molecule is SCC1(c2ccncc2)COC1. The molecule has 0 aliphatic carbocycles. The fourth-order valence-corrected chi connectivity index (χ4v) is 1.77. The molecule has 0 bridgehead atoms. The molecular formula is C9H11NOS. The van der Waals surface area contributed by atoms with Gasteiger partial charge in [0.2, 0.25) is 0 Å². The second-order valence-corrected chi connectivity index (χ2v) is 3.48. The van der Waals surface area contributed by atoms with E-state index >= 15 is 0 Å². The molecule has 64 valence electrons. The first-order valence-electron chi connectivity index (χ1n) is 3.96. The van der Waals surface area contributed by atoms with Crippen LogP contribution in [-0.2, 0) is 10.2 Å². The van der Waals surface area contributed by atoms with Crippen molar-refractivity contribution in [2.24, 2.45) is 0 Å². The third-order valence-electron chi connectivity index (χ3n) is 2.35. The van der Waals surface area contributed by atoms with Crippen molar-refractivity contribution in [3.63, 3.8) is 0 Å². The average Bonchev–Trinajstić information content (AvgIpc) is 2.05. The van der Waals surface area contributed by atoms with Gasteiger partial charge in [-0.25, -0.2) is 0 Å². The van der Waals surface area contributed by atoms with E-state index in [1.54, 1.807) is 0 Å². The summed E-state index contributed by atoms with van der Waals surface area (Å²) in [7, 11) is 0. The van der Waals surface area contributed by atoms with Gasteiger partial charge in [0.15, 0.2) is 0 Å². The monoisotopic (exact) mass is 181 g/mol. The molecule has 0 amide bonds. The zero-order valence-electron chi connectivity index (χ0n) is 6.73. The van der Waals surface area contributed by atoms with E-state index in [9.17, 15) is 0 Å². The van der Waals surface area contributed by atoms with Gasteiger partial charge in [0, 0.05) is 18.1 Å². The Balaban J connectivity index is 2.28. The molecule has 1 aliphatic heterocycles. The summed E-state index contributed by atoms with van der Waals surface area (Å²) in [5.74, 6) is 0.844. The predicted molar refractivity (Wildman–Crippen MR) is 50.6 cm³/mol. The van der Waals surface area contributed by atoms with Gasteiger partial charge in [0.05, 0.1) is 18.6 Å². The molecule has 1 saturated heterocycles. The van der Waals surface area contributed by atoms with Gasteiger partial charge in [-0.15, -0.1) is 0 Å². The summed E-state index contributed by atoms with van der Waals surface area (Å²) in [6, 6.07) is 4.08. The van der Waals surface area contributed by atoms with Crippen LogP contribution in [0.4, 0.5) is 0 Å². The summed E-state index contributed by atoms with van der Waals surface area (Å²) in [6.45, 7) is 1.58. The Bertz CT molecular complexity index is 253. The standard InChI is InChI=1S/C9H11NOS/c12-7-9(5-11-6-9)8-1-3-10-4-2-8/h1-4,12H,5-7H2. The summed E-state index contributed by atoms with van der Waals surface area (Å²) >= 11 is 4.34. The molecule has 0 saturated carbocycles. The lowest BCUT2D eigenvalue weighted by Crippen LogP contribution is -2.48. The van der Waals surface area contributed by atoms with Crippen molar-refractivity contribution in [1.82, 2.24) is 4.98 Å². The maximum Gasteiger partial charge on any atom is 0.0593 e. The summed E-state index contributed by atoms with van der Waals surface area (Å²) in [4.78, 5) is 3.99. The molecule has 1 aliphatic rings. The molecule has 0 atom stereocenters. The number of aromatic nitrogens is 1. The molecule has 3 heteroatoms. The Hall–Kier alpha value is -0.540. The van der Waals surface area contributed by atoms with Crippen molar-refractivity contribution in [2.75, 3.05) is 19.0 Å². The fraction of sp³-hybridized carbons (Fsp3) is 0.444. The lowest BCUT2D eigenvalue weighted by atomic mass is 9.81. The van der Waals surface area contributed by atoms with E-state index in [4.69, 9.17) is 4.74 Å². The molecule has 1 aromatic rings. The first-order valence-corrected chi connectivity index (χ1v) is 4.60. The summed E-state index contributed by atoms with van der Waals surface area (Å²) in [5.41, 5.74) is 1.45. The van der Waals surface area contributed by atoms with E-state index in [1.807, 2.05) is 24.5 Å². The van der Waals surface area contributed by atoms with Crippen LogP contribution >= 0.6 is 12.6 Å². The third kappa shape index (κ3) is 1.13. The highest BCUT2D eigenvalue weighted by atomic mass is 32.1. The Morgan fingerprint density at radius 3 is 2.50 bits per heavy atom. The highest BCUT2D eigenvalue weighted by Crippen LogP contribution is 2.32. The molecule has 2 heterocycles. The van der Waals surface area contributed by atoms with Crippen LogP contribution in [0.2, 0.25) is 0 Å². The number of rotatable bonds is 2. The van der Waals surface area contributed by atoms with E-state index in [0.29, 0.717) is 0 Å². The maximum absolute atomic E-state index is 5.21. The largest absolute Gasteiger partial charge is 0.379 e. The lowest BCUT2D eigenvalue weighted by Gasteiger charge is -2.40. The summed E-state index contributed by atoms with van der Waals surface area (Å²) in [6.07, 6.45) is 3.64. The van der Waals surface area contributed by atoms with Gasteiger partial charge in [-0.1, -0.05) is 0 Å². The smallest absolute Gasteiger partial charge is 0.0593 e. The number of pyridine rings is 1. The second-order valence-electron chi connectivity index (χ2n) is 3.17. The first kappa shape index (κ1) is 8.08. The van der Waals surface area contributed by atoms with Gasteiger partial charge in [-0.3, -0.25) is 4.98 Å². The molecule has 2 rings (SSSR count). The topological polar surface area (TPSA) is 22.1 Å². The molecule has 12 heavy (non-hydrogen) atoms. The quantitative estimate of drug-likeness (QED) is 0.694. The van der Waals surface area contributed by atoms with E-state index in [0.717, 1.165) is 19.0 Å². The van der Waals surface area contributed by atoms with Crippen molar-refractivity contribution >= 4 is 12.6 Å². The average molecular weight is 181 g/mol. The van der Waals surface area contributed by atoms with Crippen LogP contribution in [0.25, 0.3) is 0 Å². The van der Waals surface area contributed by atoms with Crippen LogP contribution in [-0.4, -0.2) is 24.0 Å². The highest BCUT2D eigenvalue weighted by molar-refractivity contribution is 7.80. The molecule has 0 aromatic carbocycles. The van der Waals surface area contributed by atoms with Crippen molar-refractivity contribution in [3.8, 4) is 0 Å². The number of hydrogen-bond donors (Lipinski definition) is 1. The van der Waals surface area contributed by atoms with Gasteiger partial charge >= 0.3 is 0 Å². The van der Waals surface area contributed by atoms with E-state index in [2.05, 4.69) is 17.6 Å². The van der Waals surface area contributed by atoms with Gasteiger partial charge < -0.3 is 4.74 Å². The Kier molecular flexibility index (Phi) is 2.07. The van der Waals surface area contributed by atoms with Crippen molar-refractivity contribution in [1.29, 1.82) is 0 Å². The summed E-state index contributed by atoms with van der Waals surface area (Å²) < 4.78 is 5.21. The Morgan fingerprint density at radius 2 is 2.08 bits per heavy atom. The fourth-order valence-electron chi connectivity index (χ4n) is 1.40. The van der Waals surface area contributed by atoms with Crippen LogP contribution < -0.4 is 0 Å². The van der Waals surface area contributed by atoms with Gasteiger partial charge in [-0.2, -0.15) is 12.6 Å². The number of nitrogens with zero attached hydrogens (tertiary/aromatic N) is 1. The first-order chi connectivity index (χ1) is 5.87. The minimum Gasteiger partial charge on any atom is -0.379 e. The van der Waals surface area contributed by atoms with Gasteiger partial charge in [0.25, 0.3) is 0 Å². The second kappa shape index (κ2) is 3.07. The molecule has 0 unspecified atom stereocenters. The molecule has 0 radical (unpaired) electrons. The van der Waals surface area contributed by atoms with Crippen LogP contribution in [0.1, 0.15) is 5.56 Å². The van der Waals surface area contributed by atoms with Gasteiger partial charge in [-0.05, 0) is 17.7 Å². The minimum absolute atomic E-state index is 0.159. The Morgan fingerprint density at radius 1 is 1.42 bits per heavy atom. The van der Waals surface area contributed by atoms with Crippen molar-refractivity contribution in [2.45, 2.75) is 5.41 Å². The molecule has 0 spiro atoms. The predicted octanol–water partition coefficient (Wildman–Crippen LogP) is 1.28. The molecule has 2 nitrogen and oxygen atoms in total. The van der Waals surface area contributed by atoms with Crippen molar-refractivity contribution < 1.29 is 4.74 Å². The molecule has 1 aromatic heterocycles. The lowest BCUT2D eigenvalue weighted by molar-refractivity contribution is -0.0471. The Labute approximate surface area is 77.4 Å². The molecule has 0 N–H and O–H groups in total. The minimum atomic E-state index is 0.159. The van der Waals surface area contributed by atoms with E-state index in [-0.39, 0.29) is 5.41 Å². The summed E-state index contributed by atoms with van der Waals surface area (Å²) in [5, 5.41) is 0. The maximum atomic E-state index is 5.21. The molecule has 1 fully saturated rings. The zero-order chi connectivity index (χ0) is 8.44. The van der Waals surface area contributed by atoms with Crippen LogP contribution in [0, 0.1) is 0 Å². The number of thiol groups is 1. The van der Waals surface area contributed by atoms with E-state index in [1.165, 1.54) is 5.56 Å². The number of hydrogen-bond acceptors (Lipinski definition) is 3. The zero-order valence-corrected chi connectivity index (χ0v) is 7.63. The highest BCUT2D eigenvalue weighted by Gasteiger charge is 2.38. The van der Waals surface area contributed by atoms with Crippen LogP contribution in [0.5, 0.6) is 0 Å². The number of ether oxygens (including phenoxy) is 1. The van der Waals surface area contributed by atoms with Crippen LogP contribution in [0.3, 0.4) is 0 Å². The molecular weight excluding hydrogens is 170 g/mol.